The van der Waals surface area contributed by atoms with E-state index in [1.165, 1.54) is 0 Å². The molecule has 0 aliphatic rings. The van der Waals surface area contributed by atoms with Crippen LogP contribution in [0.25, 0.3) is 5.65 Å². The maximum absolute atomic E-state index is 5.75. The van der Waals surface area contributed by atoms with Crippen LogP contribution in [0.4, 0.5) is 5.95 Å². The quantitative estimate of drug-likeness (QED) is 0.713. The number of anilines is 1. The van der Waals surface area contributed by atoms with Crippen molar-refractivity contribution in [1.29, 1.82) is 0 Å². The number of rotatable bonds is 0. The average Bonchev–Trinajstić information content (AvgIpc) is 2.41. The maximum Gasteiger partial charge on any atom is 0.206 e. The third kappa shape index (κ3) is 1.56. The number of imidazole rings is 1. The Bertz CT molecular complexity index is 505. The van der Waals surface area contributed by atoms with E-state index in [0.717, 1.165) is 17.0 Å². The molecule has 0 radical (unpaired) electrons. The molecule has 0 aliphatic heterocycles. The lowest BCUT2D eigenvalue weighted by molar-refractivity contribution is 0.569. The molecular formula is C11H16N4. The van der Waals surface area contributed by atoms with E-state index in [-0.39, 0.29) is 5.41 Å². The van der Waals surface area contributed by atoms with E-state index in [2.05, 4.69) is 30.7 Å². The molecule has 0 bridgehead atoms. The third-order valence-corrected chi connectivity index (χ3v) is 2.46. The van der Waals surface area contributed by atoms with Gasteiger partial charge in [-0.3, -0.25) is 4.40 Å². The van der Waals surface area contributed by atoms with Crippen LogP contribution in [0.2, 0.25) is 0 Å². The van der Waals surface area contributed by atoms with Gasteiger partial charge in [0.15, 0.2) is 5.65 Å². The van der Waals surface area contributed by atoms with Crippen LogP contribution in [-0.4, -0.2) is 14.4 Å². The molecule has 4 heteroatoms. The number of aromatic nitrogens is 3. The highest BCUT2D eigenvalue weighted by Crippen LogP contribution is 2.22. The van der Waals surface area contributed by atoms with Gasteiger partial charge >= 0.3 is 0 Å². The predicted molar refractivity (Wildman–Crippen MR) is 60.8 cm³/mol. The topological polar surface area (TPSA) is 56.2 Å². The summed E-state index contributed by atoms with van der Waals surface area (Å²) in [5.41, 5.74) is 8.57. The molecule has 0 saturated carbocycles. The van der Waals surface area contributed by atoms with E-state index in [9.17, 15) is 0 Å². The Morgan fingerprint density at radius 3 is 2.53 bits per heavy atom. The number of fused-ring (bicyclic) bond motifs is 1. The maximum atomic E-state index is 5.75. The van der Waals surface area contributed by atoms with E-state index in [4.69, 9.17) is 5.73 Å². The smallest absolute Gasteiger partial charge is 0.206 e. The lowest BCUT2D eigenvalue weighted by atomic mass is 9.92. The van der Waals surface area contributed by atoms with Gasteiger partial charge in [-0.1, -0.05) is 20.8 Å². The van der Waals surface area contributed by atoms with Gasteiger partial charge in [-0.15, -0.1) is 0 Å². The Balaban J connectivity index is 2.71. The summed E-state index contributed by atoms with van der Waals surface area (Å²) in [6.45, 7) is 8.34. The zero-order chi connectivity index (χ0) is 11.2. The molecule has 0 aromatic carbocycles. The number of aryl methyl sites for hydroxylation is 1. The first-order valence-corrected chi connectivity index (χ1v) is 5.01. The first-order valence-electron chi connectivity index (χ1n) is 5.01. The predicted octanol–water partition coefficient (Wildman–Crippen LogP) is 1.92. The molecule has 0 saturated heterocycles. The molecule has 0 fully saturated rings. The molecular weight excluding hydrogens is 188 g/mol. The summed E-state index contributed by atoms with van der Waals surface area (Å²) in [6.07, 6.45) is 1.93. The average molecular weight is 204 g/mol. The molecule has 0 aliphatic carbocycles. The Labute approximate surface area is 89.2 Å². The SMILES string of the molecule is Cc1nc(N)n2ccc(C(C)(C)C)nc12. The summed E-state index contributed by atoms with van der Waals surface area (Å²) in [4.78, 5) is 8.78. The van der Waals surface area contributed by atoms with Crippen molar-refractivity contribution >= 4 is 11.6 Å². The third-order valence-electron chi connectivity index (χ3n) is 2.46. The molecule has 0 atom stereocenters. The van der Waals surface area contributed by atoms with Crippen LogP contribution in [0.3, 0.4) is 0 Å². The first kappa shape index (κ1) is 9.96. The van der Waals surface area contributed by atoms with Gasteiger partial charge in [0.05, 0.1) is 5.69 Å². The van der Waals surface area contributed by atoms with Crippen LogP contribution in [0.15, 0.2) is 12.3 Å². The van der Waals surface area contributed by atoms with E-state index >= 15 is 0 Å². The van der Waals surface area contributed by atoms with Gasteiger partial charge in [0.25, 0.3) is 0 Å². The van der Waals surface area contributed by atoms with E-state index in [1.54, 1.807) is 0 Å². The normalized spacial score (nSPS) is 12.3. The van der Waals surface area contributed by atoms with Gasteiger partial charge in [0.2, 0.25) is 5.95 Å². The molecule has 0 spiro atoms. The summed E-state index contributed by atoms with van der Waals surface area (Å²) < 4.78 is 1.81. The summed E-state index contributed by atoms with van der Waals surface area (Å²) in [6, 6.07) is 1.99. The summed E-state index contributed by atoms with van der Waals surface area (Å²) >= 11 is 0. The Morgan fingerprint density at radius 1 is 1.27 bits per heavy atom. The fourth-order valence-electron chi connectivity index (χ4n) is 1.55. The van der Waals surface area contributed by atoms with Gasteiger partial charge in [0, 0.05) is 17.3 Å². The zero-order valence-electron chi connectivity index (χ0n) is 9.57. The molecule has 15 heavy (non-hydrogen) atoms. The van der Waals surface area contributed by atoms with Gasteiger partial charge in [-0.25, -0.2) is 9.97 Å². The minimum atomic E-state index is 0.0488. The number of hydrogen-bond acceptors (Lipinski definition) is 3. The van der Waals surface area contributed by atoms with Gasteiger partial charge < -0.3 is 5.73 Å². The molecule has 4 nitrogen and oxygen atoms in total. The van der Waals surface area contributed by atoms with E-state index in [1.807, 2.05) is 23.6 Å². The largest absolute Gasteiger partial charge is 0.369 e. The monoisotopic (exact) mass is 204 g/mol. The molecule has 2 aromatic heterocycles. The number of nitrogens with zero attached hydrogens (tertiary/aromatic N) is 3. The zero-order valence-corrected chi connectivity index (χ0v) is 9.57. The standard InChI is InChI=1S/C11H16N4/c1-7-9-14-8(11(2,3)4)5-6-15(9)10(12)13-7/h5-6H,1-4H3,(H2,12,13). The highest BCUT2D eigenvalue weighted by atomic mass is 15.1. The van der Waals surface area contributed by atoms with Crippen molar-refractivity contribution < 1.29 is 0 Å². The van der Waals surface area contributed by atoms with Crippen LogP contribution < -0.4 is 5.73 Å². The van der Waals surface area contributed by atoms with Gasteiger partial charge in [-0.2, -0.15) is 0 Å². The van der Waals surface area contributed by atoms with Crippen LogP contribution in [-0.2, 0) is 5.41 Å². The Morgan fingerprint density at radius 2 is 1.93 bits per heavy atom. The van der Waals surface area contributed by atoms with Gasteiger partial charge in [0.1, 0.15) is 0 Å². The summed E-state index contributed by atoms with van der Waals surface area (Å²) in [5, 5.41) is 0. The van der Waals surface area contributed by atoms with Crippen molar-refractivity contribution in [3.63, 3.8) is 0 Å². The Hall–Kier alpha value is -1.58. The number of nitrogen functional groups attached to an aromatic ring is 1. The number of hydrogen-bond donors (Lipinski definition) is 1. The Kier molecular flexibility index (Phi) is 1.96. The number of nitrogens with two attached hydrogens (primary N) is 1. The van der Waals surface area contributed by atoms with Crippen LogP contribution in [0.5, 0.6) is 0 Å². The first-order chi connectivity index (χ1) is 6.89. The van der Waals surface area contributed by atoms with Crippen molar-refractivity contribution in [3.8, 4) is 0 Å². The van der Waals surface area contributed by atoms with E-state index < -0.39 is 0 Å². The van der Waals surface area contributed by atoms with Gasteiger partial charge in [-0.05, 0) is 13.0 Å². The second kappa shape index (κ2) is 2.95. The minimum Gasteiger partial charge on any atom is -0.369 e. The van der Waals surface area contributed by atoms with Crippen molar-refractivity contribution in [2.24, 2.45) is 0 Å². The lowest BCUT2D eigenvalue weighted by Crippen LogP contribution is -2.14. The molecule has 80 valence electrons. The van der Waals surface area contributed by atoms with Crippen molar-refractivity contribution in [3.05, 3.63) is 23.7 Å². The van der Waals surface area contributed by atoms with Crippen molar-refractivity contribution in [1.82, 2.24) is 14.4 Å². The van der Waals surface area contributed by atoms with E-state index in [0.29, 0.717) is 5.95 Å². The molecule has 0 unspecified atom stereocenters. The fraction of sp³-hybridized carbons (Fsp3) is 0.455. The van der Waals surface area contributed by atoms with Crippen LogP contribution in [0.1, 0.15) is 32.2 Å². The molecule has 2 rings (SSSR count). The lowest BCUT2D eigenvalue weighted by Gasteiger charge is -2.17. The van der Waals surface area contributed by atoms with Crippen LogP contribution >= 0.6 is 0 Å². The summed E-state index contributed by atoms with van der Waals surface area (Å²) in [5.74, 6) is 0.496. The summed E-state index contributed by atoms with van der Waals surface area (Å²) in [7, 11) is 0. The minimum absolute atomic E-state index is 0.0488. The van der Waals surface area contributed by atoms with Crippen molar-refractivity contribution in [2.75, 3.05) is 5.73 Å². The van der Waals surface area contributed by atoms with Crippen molar-refractivity contribution in [2.45, 2.75) is 33.1 Å². The second-order valence-electron chi connectivity index (χ2n) is 4.81. The van der Waals surface area contributed by atoms with Crippen LogP contribution in [0, 0.1) is 6.92 Å². The highest BCUT2D eigenvalue weighted by Gasteiger charge is 2.17. The molecule has 2 heterocycles. The molecule has 2 N–H and O–H groups in total. The second-order valence-corrected chi connectivity index (χ2v) is 4.81. The molecule has 0 amide bonds. The molecule has 2 aromatic rings. The highest BCUT2D eigenvalue weighted by molar-refractivity contribution is 5.51. The fourth-order valence-corrected chi connectivity index (χ4v) is 1.55.